The Kier molecular flexibility index (Phi) is 3.74. The minimum atomic E-state index is 0.326. The maximum Gasteiger partial charge on any atom is 0.225 e. The van der Waals surface area contributed by atoms with Gasteiger partial charge in [-0.2, -0.15) is 0 Å². The average Bonchev–Trinajstić information content (AvgIpc) is 2.69. The van der Waals surface area contributed by atoms with Crippen LogP contribution in [0.15, 0.2) is 24.5 Å². The molecule has 2 rings (SSSR count). The molecule has 2 heterocycles. The van der Waals surface area contributed by atoms with Crippen molar-refractivity contribution in [1.82, 2.24) is 19.7 Å². The number of hydrogen-bond donors (Lipinski definition) is 0. The second-order valence-electron chi connectivity index (χ2n) is 4.24. The van der Waals surface area contributed by atoms with E-state index in [9.17, 15) is 0 Å². The van der Waals surface area contributed by atoms with Crippen molar-refractivity contribution in [2.45, 2.75) is 32.7 Å². The molecule has 0 saturated heterocycles. The topological polar surface area (TPSA) is 43.6 Å². The second-order valence-corrected chi connectivity index (χ2v) is 4.58. The van der Waals surface area contributed by atoms with E-state index in [4.69, 9.17) is 11.6 Å². The van der Waals surface area contributed by atoms with Crippen LogP contribution < -0.4 is 0 Å². The van der Waals surface area contributed by atoms with E-state index in [1.807, 2.05) is 16.7 Å². The molecule has 0 saturated carbocycles. The largest absolute Gasteiger partial charge is 0.301 e. The molecule has 0 aliphatic rings. The monoisotopic (exact) mass is 250 g/mol. The summed E-state index contributed by atoms with van der Waals surface area (Å²) in [6.45, 7) is 4.97. The fourth-order valence-electron chi connectivity index (χ4n) is 1.72. The summed E-state index contributed by atoms with van der Waals surface area (Å²) in [7, 11) is 0. The Morgan fingerprint density at radius 1 is 1.24 bits per heavy atom. The van der Waals surface area contributed by atoms with Crippen LogP contribution in [0.3, 0.4) is 0 Å². The molecule has 2 aromatic rings. The van der Waals surface area contributed by atoms with Crippen LogP contribution in [-0.2, 0) is 13.0 Å². The molecule has 0 aromatic carbocycles. The Balaban J connectivity index is 2.11. The number of rotatable bonds is 4. The first kappa shape index (κ1) is 12.0. The van der Waals surface area contributed by atoms with Crippen molar-refractivity contribution < 1.29 is 0 Å². The van der Waals surface area contributed by atoms with Crippen LogP contribution in [0, 0.1) is 0 Å². The zero-order valence-electron chi connectivity index (χ0n) is 9.97. The summed E-state index contributed by atoms with van der Waals surface area (Å²) in [6, 6.07) is 4.01. The molecule has 0 aliphatic heterocycles. The summed E-state index contributed by atoms with van der Waals surface area (Å²) in [4.78, 5) is 4.00. The standard InChI is InChI=1S/C12H15ClN4/c1-9(2)11-15-16-12(13)17(11)8-5-10-3-6-14-7-4-10/h3-4,6-7,9H,5,8H2,1-2H3. The van der Waals surface area contributed by atoms with E-state index in [1.165, 1.54) is 5.56 Å². The molecule has 0 aliphatic carbocycles. The van der Waals surface area contributed by atoms with E-state index in [2.05, 4.69) is 29.0 Å². The molecule has 0 atom stereocenters. The normalized spacial score (nSPS) is 11.1. The molecule has 0 spiro atoms. The van der Waals surface area contributed by atoms with Gasteiger partial charge in [-0.3, -0.25) is 4.98 Å². The minimum Gasteiger partial charge on any atom is -0.301 e. The fourth-order valence-corrected chi connectivity index (χ4v) is 1.93. The quantitative estimate of drug-likeness (QED) is 0.838. The van der Waals surface area contributed by atoms with Gasteiger partial charge in [-0.15, -0.1) is 10.2 Å². The predicted molar refractivity (Wildman–Crippen MR) is 67.1 cm³/mol. The van der Waals surface area contributed by atoms with Crippen LogP contribution >= 0.6 is 11.6 Å². The number of hydrogen-bond acceptors (Lipinski definition) is 3. The summed E-state index contributed by atoms with van der Waals surface area (Å²) in [5.74, 6) is 1.26. The zero-order chi connectivity index (χ0) is 12.3. The van der Waals surface area contributed by atoms with Crippen molar-refractivity contribution in [3.8, 4) is 0 Å². The number of aryl methyl sites for hydroxylation is 1. The van der Waals surface area contributed by atoms with Gasteiger partial charge in [0.05, 0.1) is 0 Å². The zero-order valence-corrected chi connectivity index (χ0v) is 10.7. The van der Waals surface area contributed by atoms with Gasteiger partial charge >= 0.3 is 0 Å². The predicted octanol–water partition coefficient (Wildman–Crippen LogP) is 2.69. The number of halogens is 1. The summed E-state index contributed by atoms with van der Waals surface area (Å²) in [5.41, 5.74) is 1.24. The van der Waals surface area contributed by atoms with Gasteiger partial charge in [0.15, 0.2) is 0 Å². The molecule has 0 N–H and O–H groups in total. The maximum atomic E-state index is 6.03. The van der Waals surface area contributed by atoms with Gasteiger partial charge in [0.25, 0.3) is 0 Å². The van der Waals surface area contributed by atoms with Gasteiger partial charge in [0.2, 0.25) is 5.28 Å². The molecule has 0 unspecified atom stereocenters. The van der Waals surface area contributed by atoms with Crippen LogP contribution in [0.25, 0.3) is 0 Å². The van der Waals surface area contributed by atoms with Crippen LogP contribution in [0.5, 0.6) is 0 Å². The molecule has 0 bridgehead atoms. The van der Waals surface area contributed by atoms with Crippen molar-refractivity contribution in [3.05, 3.63) is 41.2 Å². The van der Waals surface area contributed by atoms with Crippen molar-refractivity contribution in [1.29, 1.82) is 0 Å². The van der Waals surface area contributed by atoms with E-state index >= 15 is 0 Å². The van der Waals surface area contributed by atoms with Crippen LogP contribution in [0.4, 0.5) is 0 Å². The lowest BCUT2D eigenvalue weighted by molar-refractivity contribution is 0.620. The molecular formula is C12H15ClN4. The van der Waals surface area contributed by atoms with Gasteiger partial charge in [-0.1, -0.05) is 13.8 Å². The van der Waals surface area contributed by atoms with Crippen molar-refractivity contribution in [2.75, 3.05) is 0 Å². The van der Waals surface area contributed by atoms with Crippen molar-refractivity contribution in [2.24, 2.45) is 0 Å². The van der Waals surface area contributed by atoms with Crippen LogP contribution in [0.2, 0.25) is 5.28 Å². The molecule has 90 valence electrons. The molecule has 0 amide bonds. The highest BCUT2D eigenvalue weighted by Crippen LogP contribution is 2.17. The van der Waals surface area contributed by atoms with Crippen LogP contribution in [0.1, 0.15) is 31.2 Å². The van der Waals surface area contributed by atoms with Crippen molar-refractivity contribution >= 4 is 11.6 Å². The Hall–Kier alpha value is -1.42. The smallest absolute Gasteiger partial charge is 0.225 e. The Morgan fingerprint density at radius 2 is 1.94 bits per heavy atom. The molecule has 17 heavy (non-hydrogen) atoms. The highest BCUT2D eigenvalue weighted by molar-refractivity contribution is 6.28. The van der Waals surface area contributed by atoms with Crippen molar-refractivity contribution in [3.63, 3.8) is 0 Å². The fraction of sp³-hybridized carbons (Fsp3) is 0.417. The SMILES string of the molecule is CC(C)c1nnc(Cl)n1CCc1ccncc1. The van der Waals surface area contributed by atoms with Gasteiger partial charge in [0.1, 0.15) is 5.82 Å². The lowest BCUT2D eigenvalue weighted by Crippen LogP contribution is -2.08. The Morgan fingerprint density at radius 3 is 2.59 bits per heavy atom. The third kappa shape index (κ3) is 2.82. The molecule has 0 fully saturated rings. The van der Waals surface area contributed by atoms with Gasteiger partial charge in [-0.05, 0) is 35.7 Å². The summed E-state index contributed by atoms with van der Waals surface area (Å²) < 4.78 is 1.96. The summed E-state index contributed by atoms with van der Waals surface area (Å²) in [5, 5.41) is 8.47. The van der Waals surface area contributed by atoms with Crippen LogP contribution in [-0.4, -0.2) is 19.7 Å². The number of aromatic nitrogens is 4. The molecular weight excluding hydrogens is 236 g/mol. The lowest BCUT2D eigenvalue weighted by Gasteiger charge is -2.09. The van der Waals surface area contributed by atoms with Gasteiger partial charge in [0, 0.05) is 24.9 Å². The van der Waals surface area contributed by atoms with Gasteiger partial charge < -0.3 is 4.57 Å². The third-order valence-corrected chi connectivity index (χ3v) is 2.90. The van der Waals surface area contributed by atoms with E-state index in [0.717, 1.165) is 18.8 Å². The molecule has 0 radical (unpaired) electrons. The average molecular weight is 251 g/mol. The highest BCUT2D eigenvalue weighted by Gasteiger charge is 2.12. The third-order valence-electron chi connectivity index (χ3n) is 2.62. The van der Waals surface area contributed by atoms with E-state index in [0.29, 0.717) is 11.2 Å². The molecule has 4 nitrogen and oxygen atoms in total. The Bertz CT molecular complexity index is 479. The van der Waals surface area contributed by atoms with E-state index in [1.54, 1.807) is 12.4 Å². The molecule has 2 aromatic heterocycles. The second kappa shape index (κ2) is 5.27. The number of nitrogens with zero attached hydrogens (tertiary/aromatic N) is 4. The van der Waals surface area contributed by atoms with E-state index < -0.39 is 0 Å². The summed E-state index contributed by atoms with van der Waals surface area (Å²) in [6.07, 6.45) is 4.50. The maximum absolute atomic E-state index is 6.03. The summed E-state index contributed by atoms with van der Waals surface area (Å²) >= 11 is 6.03. The van der Waals surface area contributed by atoms with E-state index in [-0.39, 0.29) is 0 Å². The van der Waals surface area contributed by atoms with Gasteiger partial charge in [-0.25, -0.2) is 0 Å². The highest BCUT2D eigenvalue weighted by atomic mass is 35.5. The lowest BCUT2D eigenvalue weighted by atomic mass is 10.2. The Labute approximate surface area is 106 Å². The first-order chi connectivity index (χ1) is 8.18. The number of pyridine rings is 1. The minimum absolute atomic E-state index is 0.326. The molecule has 5 heteroatoms. The first-order valence-corrected chi connectivity index (χ1v) is 6.03. The first-order valence-electron chi connectivity index (χ1n) is 5.66.